The monoisotopic (exact) mass is 276 g/mol. The van der Waals surface area contributed by atoms with Gasteiger partial charge < -0.3 is 15.0 Å². The summed E-state index contributed by atoms with van der Waals surface area (Å²) < 4.78 is 5.72. The first-order chi connectivity index (χ1) is 9.84. The molecule has 20 heavy (non-hydrogen) atoms. The quantitative estimate of drug-likeness (QED) is 0.739. The van der Waals surface area contributed by atoms with Crippen LogP contribution in [0, 0.1) is 5.92 Å². The fourth-order valence-electron chi connectivity index (χ4n) is 2.73. The van der Waals surface area contributed by atoms with Crippen molar-refractivity contribution in [2.45, 2.75) is 25.7 Å². The molecule has 1 aromatic carbocycles. The van der Waals surface area contributed by atoms with E-state index in [1.165, 1.54) is 38.9 Å². The molecule has 1 aromatic rings. The van der Waals surface area contributed by atoms with E-state index in [1.807, 2.05) is 30.3 Å². The van der Waals surface area contributed by atoms with E-state index in [0.717, 1.165) is 31.2 Å². The van der Waals surface area contributed by atoms with Crippen LogP contribution in [0.2, 0.25) is 0 Å². The van der Waals surface area contributed by atoms with Crippen molar-refractivity contribution in [2.75, 3.05) is 39.8 Å². The van der Waals surface area contributed by atoms with Crippen molar-refractivity contribution in [3.63, 3.8) is 0 Å². The number of piperidine rings is 1. The lowest BCUT2D eigenvalue weighted by molar-refractivity contribution is 0.241. The first kappa shape index (κ1) is 15.3. The number of ether oxygens (including phenoxy) is 1. The van der Waals surface area contributed by atoms with Gasteiger partial charge in [-0.05, 0) is 70.4 Å². The Morgan fingerprint density at radius 1 is 1.15 bits per heavy atom. The van der Waals surface area contributed by atoms with E-state index < -0.39 is 0 Å². The van der Waals surface area contributed by atoms with Gasteiger partial charge in [-0.3, -0.25) is 0 Å². The molecular formula is C17H28N2O. The van der Waals surface area contributed by atoms with Gasteiger partial charge in [-0.2, -0.15) is 0 Å². The lowest BCUT2D eigenvalue weighted by Gasteiger charge is -2.25. The van der Waals surface area contributed by atoms with Gasteiger partial charge in [0.2, 0.25) is 0 Å². The molecule has 3 nitrogen and oxygen atoms in total. The minimum atomic E-state index is 0.807. The Morgan fingerprint density at radius 2 is 1.90 bits per heavy atom. The van der Waals surface area contributed by atoms with Crippen molar-refractivity contribution < 1.29 is 4.74 Å². The third-order valence-electron chi connectivity index (χ3n) is 4.07. The van der Waals surface area contributed by atoms with Crippen molar-refractivity contribution in [2.24, 2.45) is 5.92 Å². The molecule has 2 rings (SSSR count). The van der Waals surface area contributed by atoms with Crippen LogP contribution in [0.15, 0.2) is 30.3 Å². The third-order valence-corrected chi connectivity index (χ3v) is 4.07. The number of hydrogen-bond donors (Lipinski definition) is 1. The molecular weight excluding hydrogens is 248 g/mol. The Labute approximate surface area is 123 Å². The van der Waals surface area contributed by atoms with Crippen LogP contribution >= 0.6 is 0 Å². The van der Waals surface area contributed by atoms with Crippen LogP contribution in [-0.2, 0) is 0 Å². The first-order valence-corrected chi connectivity index (χ1v) is 7.92. The van der Waals surface area contributed by atoms with E-state index in [0.29, 0.717) is 0 Å². The minimum absolute atomic E-state index is 0.807. The molecule has 1 N–H and O–H groups in total. The Hall–Kier alpha value is -1.06. The first-order valence-electron chi connectivity index (χ1n) is 7.92. The number of nitrogens with zero attached hydrogens (tertiary/aromatic N) is 1. The second kappa shape index (κ2) is 8.98. The molecule has 112 valence electrons. The van der Waals surface area contributed by atoms with Gasteiger partial charge in [0.25, 0.3) is 0 Å². The van der Waals surface area contributed by atoms with Gasteiger partial charge in [-0.25, -0.2) is 0 Å². The highest BCUT2D eigenvalue weighted by Crippen LogP contribution is 2.16. The molecule has 0 amide bonds. The molecule has 0 unspecified atom stereocenters. The van der Waals surface area contributed by atoms with E-state index in [9.17, 15) is 0 Å². The smallest absolute Gasteiger partial charge is 0.119 e. The number of benzene rings is 1. The lowest BCUT2D eigenvalue weighted by Crippen LogP contribution is -2.30. The SMILES string of the molecule is CN(CCCOc1ccccc1)CCC1CCNCC1. The maximum Gasteiger partial charge on any atom is 0.119 e. The van der Waals surface area contributed by atoms with Gasteiger partial charge in [0, 0.05) is 6.54 Å². The normalized spacial score (nSPS) is 16.5. The number of nitrogens with one attached hydrogen (secondary N) is 1. The molecule has 0 radical (unpaired) electrons. The van der Waals surface area contributed by atoms with Crippen LogP contribution in [0.3, 0.4) is 0 Å². The van der Waals surface area contributed by atoms with Crippen molar-refractivity contribution in [1.29, 1.82) is 0 Å². The summed E-state index contributed by atoms with van der Waals surface area (Å²) in [5, 5.41) is 3.43. The predicted molar refractivity (Wildman–Crippen MR) is 84.3 cm³/mol. The molecule has 1 saturated heterocycles. The maximum absolute atomic E-state index is 5.72. The second-order valence-electron chi connectivity index (χ2n) is 5.80. The summed E-state index contributed by atoms with van der Waals surface area (Å²) in [6, 6.07) is 10.1. The molecule has 1 aliphatic rings. The molecule has 0 saturated carbocycles. The van der Waals surface area contributed by atoms with Gasteiger partial charge in [-0.15, -0.1) is 0 Å². The highest BCUT2D eigenvalue weighted by Gasteiger charge is 2.13. The zero-order valence-corrected chi connectivity index (χ0v) is 12.7. The fourth-order valence-corrected chi connectivity index (χ4v) is 2.73. The average Bonchev–Trinajstić information content (AvgIpc) is 2.52. The fraction of sp³-hybridized carbons (Fsp3) is 0.647. The van der Waals surface area contributed by atoms with E-state index >= 15 is 0 Å². The molecule has 1 fully saturated rings. The molecule has 3 heteroatoms. The van der Waals surface area contributed by atoms with E-state index in [2.05, 4.69) is 17.3 Å². The van der Waals surface area contributed by atoms with Gasteiger partial charge in [0.15, 0.2) is 0 Å². The van der Waals surface area contributed by atoms with Crippen molar-refractivity contribution >= 4 is 0 Å². The summed E-state index contributed by atoms with van der Waals surface area (Å²) in [6.45, 7) is 5.56. The Kier molecular flexibility index (Phi) is 6.89. The molecule has 0 aliphatic carbocycles. The largest absolute Gasteiger partial charge is 0.494 e. The third kappa shape index (κ3) is 5.93. The summed E-state index contributed by atoms with van der Waals surface area (Å²) in [6.07, 6.45) is 5.14. The summed E-state index contributed by atoms with van der Waals surface area (Å²) in [5.41, 5.74) is 0. The number of para-hydroxylation sites is 1. The summed E-state index contributed by atoms with van der Waals surface area (Å²) in [7, 11) is 2.23. The zero-order chi connectivity index (χ0) is 14.0. The van der Waals surface area contributed by atoms with Crippen LogP contribution < -0.4 is 10.1 Å². The maximum atomic E-state index is 5.72. The van der Waals surface area contributed by atoms with Crippen LogP contribution in [-0.4, -0.2) is 44.7 Å². The van der Waals surface area contributed by atoms with Gasteiger partial charge in [0.05, 0.1) is 6.61 Å². The Bertz CT molecular complexity index is 349. The number of rotatable bonds is 8. The molecule has 1 heterocycles. The van der Waals surface area contributed by atoms with Gasteiger partial charge in [0.1, 0.15) is 5.75 Å². The van der Waals surface area contributed by atoms with Crippen molar-refractivity contribution in [3.8, 4) is 5.75 Å². The molecule has 0 spiro atoms. The van der Waals surface area contributed by atoms with E-state index in [-0.39, 0.29) is 0 Å². The van der Waals surface area contributed by atoms with Crippen molar-refractivity contribution in [1.82, 2.24) is 10.2 Å². The molecule has 0 atom stereocenters. The van der Waals surface area contributed by atoms with E-state index in [4.69, 9.17) is 4.74 Å². The standard InChI is InChI=1S/C17H28N2O/c1-19(14-10-16-8-11-18-12-9-16)13-5-15-20-17-6-3-2-4-7-17/h2-4,6-7,16,18H,5,8-15H2,1H3. The summed E-state index contributed by atoms with van der Waals surface area (Å²) in [4.78, 5) is 2.44. The lowest BCUT2D eigenvalue weighted by atomic mass is 9.94. The summed E-state index contributed by atoms with van der Waals surface area (Å²) in [5.74, 6) is 1.91. The topological polar surface area (TPSA) is 24.5 Å². The zero-order valence-electron chi connectivity index (χ0n) is 12.7. The van der Waals surface area contributed by atoms with Gasteiger partial charge in [-0.1, -0.05) is 18.2 Å². The van der Waals surface area contributed by atoms with E-state index in [1.54, 1.807) is 0 Å². The van der Waals surface area contributed by atoms with Crippen LogP contribution in [0.1, 0.15) is 25.7 Å². The Morgan fingerprint density at radius 3 is 2.65 bits per heavy atom. The highest BCUT2D eigenvalue weighted by atomic mass is 16.5. The predicted octanol–water partition coefficient (Wildman–Crippen LogP) is 2.78. The second-order valence-corrected chi connectivity index (χ2v) is 5.80. The number of hydrogen-bond acceptors (Lipinski definition) is 3. The Balaban J connectivity index is 1.50. The highest BCUT2D eigenvalue weighted by molar-refractivity contribution is 5.20. The van der Waals surface area contributed by atoms with Crippen molar-refractivity contribution in [3.05, 3.63) is 30.3 Å². The summed E-state index contributed by atoms with van der Waals surface area (Å²) >= 11 is 0. The molecule has 0 bridgehead atoms. The van der Waals surface area contributed by atoms with Crippen LogP contribution in [0.5, 0.6) is 5.75 Å². The average molecular weight is 276 g/mol. The van der Waals surface area contributed by atoms with Gasteiger partial charge >= 0.3 is 0 Å². The van der Waals surface area contributed by atoms with Crippen LogP contribution in [0.25, 0.3) is 0 Å². The minimum Gasteiger partial charge on any atom is -0.494 e. The molecule has 0 aromatic heterocycles. The molecule has 1 aliphatic heterocycles. The van der Waals surface area contributed by atoms with Crippen LogP contribution in [0.4, 0.5) is 0 Å².